The molecule has 2 rings (SSSR count). The maximum atomic E-state index is 11.8. The number of hydrogen-bond acceptors (Lipinski definition) is 2. The molecular formula is C8H3Cl5O2. The van der Waals surface area contributed by atoms with Crippen LogP contribution in [0.3, 0.4) is 0 Å². The lowest BCUT2D eigenvalue weighted by Gasteiger charge is -2.44. The van der Waals surface area contributed by atoms with Crippen LogP contribution in [0.5, 0.6) is 0 Å². The molecule has 2 aliphatic carbocycles. The van der Waals surface area contributed by atoms with E-state index in [0.717, 1.165) is 0 Å². The van der Waals surface area contributed by atoms with Crippen molar-refractivity contribution in [3.8, 4) is 0 Å². The second-order valence-corrected chi connectivity index (χ2v) is 5.39. The quantitative estimate of drug-likeness (QED) is 0.695. The minimum Gasteiger partial charge on any atom is -0.497 e. The smallest absolute Gasteiger partial charge is 0.206 e. The standard InChI is InChI=1S/C8H3Cl5O2/c1-15-6-2(9)5(14)7(12)3(10)4(11)8(6,7)13/h1H3. The van der Waals surface area contributed by atoms with Crippen LogP contribution in [-0.4, -0.2) is 22.6 Å². The Morgan fingerprint density at radius 3 is 2.00 bits per heavy atom. The number of fused-ring (bicyclic) bond motifs is 1. The van der Waals surface area contributed by atoms with Crippen LogP contribution in [0.1, 0.15) is 0 Å². The first-order valence-electron chi connectivity index (χ1n) is 3.76. The van der Waals surface area contributed by atoms with E-state index in [0.29, 0.717) is 0 Å². The molecule has 0 bridgehead atoms. The van der Waals surface area contributed by atoms with Crippen molar-refractivity contribution in [2.45, 2.75) is 9.75 Å². The number of methoxy groups -OCH3 is 1. The molecule has 0 aromatic carbocycles. The molecule has 0 spiro atoms. The topological polar surface area (TPSA) is 26.3 Å². The Labute approximate surface area is 111 Å². The molecule has 0 heterocycles. The summed E-state index contributed by atoms with van der Waals surface area (Å²) < 4.78 is 4.95. The number of carbonyl (C=O) groups excluding carboxylic acids is 1. The van der Waals surface area contributed by atoms with Crippen LogP contribution in [0.15, 0.2) is 20.9 Å². The highest BCUT2D eigenvalue weighted by atomic mass is 35.5. The van der Waals surface area contributed by atoms with Crippen molar-refractivity contribution < 1.29 is 9.53 Å². The summed E-state index contributed by atoms with van der Waals surface area (Å²) in [7, 11) is 1.33. The summed E-state index contributed by atoms with van der Waals surface area (Å²) in [6.07, 6.45) is 0. The lowest BCUT2D eigenvalue weighted by atomic mass is 9.80. The van der Waals surface area contributed by atoms with Gasteiger partial charge in [0.05, 0.1) is 17.2 Å². The predicted octanol–water partition coefficient (Wildman–Crippen LogP) is 3.32. The van der Waals surface area contributed by atoms with E-state index in [9.17, 15) is 4.79 Å². The molecule has 2 nitrogen and oxygen atoms in total. The lowest BCUT2D eigenvalue weighted by molar-refractivity contribution is -0.116. The van der Waals surface area contributed by atoms with Gasteiger partial charge in [-0.2, -0.15) is 0 Å². The van der Waals surface area contributed by atoms with Gasteiger partial charge >= 0.3 is 0 Å². The van der Waals surface area contributed by atoms with Crippen LogP contribution in [0.4, 0.5) is 0 Å². The summed E-state index contributed by atoms with van der Waals surface area (Å²) in [4.78, 5) is 8.68. The third kappa shape index (κ3) is 0.985. The average Bonchev–Trinajstić information content (AvgIpc) is 2.36. The molecule has 0 aliphatic heterocycles. The van der Waals surface area contributed by atoms with Gasteiger partial charge < -0.3 is 4.74 Å². The Kier molecular flexibility index (Phi) is 2.54. The highest BCUT2D eigenvalue weighted by Crippen LogP contribution is 2.67. The van der Waals surface area contributed by atoms with Crippen molar-refractivity contribution in [2.75, 3.05) is 7.11 Å². The Bertz CT molecular complexity index is 440. The van der Waals surface area contributed by atoms with Gasteiger partial charge in [-0.1, -0.05) is 34.8 Å². The number of halogens is 5. The molecule has 0 aromatic heterocycles. The third-order valence-corrected chi connectivity index (χ3v) is 5.46. The normalized spacial score (nSPS) is 39.5. The van der Waals surface area contributed by atoms with Crippen molar-refractivity contribution in [3.05, 3.63) is 20.9 Å². The molecule has 7 heteroatoms. The molecule has 0 amide bonds. The molecular weight excluding hydrogens is 305 g/mol. The zero-order valence-corrected chi connectivity index (χ0v) is 11.0. The zero-order chi connectivity index (χ0) is 11.6. The van der Waals surface area contributed by atoms with Crippen molar-refractivity contribution >= 4 is 63.8 Å². The molecule has 82 valence electrons. The Morgan fingerprint density at radius 2 is 1.53 bits per heavy atom. The van der Waals surface area contributed by atoms with Crippen LogP contribution in [0.2, 0.25) is 0 Å². The van der Waals surface area contributed by atoms with Crippen molar-refractivity contribution in [1.82, 2.24) is 0 Å². The monoisotopic (exact) mass is 306 g/mol. The molecule has 0 saturated carbocycles. The molecule has 0 saturated heterocycles. The van der Waals surface area contributed by atoms with Gasteiger partial charge in [-0.25, -0.2) is 0 Å². The van der Waals surface area contributed by atoms with Gasteiger partial charge in [-0.3, -0.25) is 4.79 Å². The summed E-state index contributed by atoms with van der Waals surface area (Å²) in [5.41, 5.74) is 0. The van der Waals surface area contributed by atoms with Crippen molar-refractivity contribution in [2.24, 2.45) is 0 Å². The molecule has 2 atom stereocenters. The summed E-state index contributed by atoms with van der Waals surface area (Å²) in [5, 5.41) is -0.103. The van der Waals surface area contributed by atoms with E-state index in [4.69, 9.17) is 62.7 Å². The largest absolute Gasteiger partial charge is 0.497 e. The summed E-state index contributed by atoms with van der Waals surface area (Å²) >= 11 is 29.6. The fourth-order valence-corrected chi connectivity index (χ4v) is 3.90. The van der Waals surface area contributed by atoms with Gasteiger partial charge in [0.2, 0.25) is 5.78 Å². The number of ketones is 1. The molecule has 0 aromatic rings. The average molecular weight is 308 g/mol. The van der Waals surface area contributed by atoms with Crippen LogP contribution in [0.25, 0.3) is 0 Å². The number of alkyl halides is 2. The Hall–Kier alpha value is 0.400. The molecule has 0 fully saturated rings. The van der Waals surface area contributed by atoms with Crippen LogP contribution >= 0.6 is 58.0 Å². The van der Waals surface area contributed by atoms with Gasteiger partial charge in [0, 0.05) is 0 Å². The van der Waals surface area contributed by atoms with E-state index in [1.807, 2.05) is 0 Å². The molecule has 0 radical (unpaired) electrons. The second-order valence-electron chi connectivity index (χ2n) is 3.12. The first-order chi connectivity index (χ1) is 6.83. The van der Waals surface area contributed by atoms with E-state index in [-0.39, 0.29) is 20.9 Å². The summed E-state index contributed by atoms with van der Waals surface area (Å²) in [6, 6.07) is 0. The fourth-order valence-electron chi connectivity index (χ4n) is 1.69. The van der Waals surface area contributed by atoms with Crippen LogP contribution < -0.4 is 0 Å². The summed E-state index contributed by atoms with van der Waals surface area (Å²) in [5.74, 6) is -0.549. The Balaban J connectivity index is 2.70. The molecule has 2 unspecified atom stereocenters. The lowest BCUT2D eigenvalue weighted by Crippen LogP contribution is -2.57. The zero-order valence-electron chi connectivity index (χ0n) is 7.21. The fraction of sp³-hybridized carbons (Fsp3) is 0.375. The number of ether oxygens (including phenoxy) is 1. The number of rotatable bonds is 1. The number of Topliss-reactive ketones (excluding diaryl/α,β-unsaturated/α-hetero) is 1. The van der Waals surface area contributed by atoms with E-state index in [1.165, 1.54) is 7.11 Å². The Morgan fingerprint density at radius 1 is 1.07 bits per heavy atom. The third-order valence-electron chi connectivity index (χ3n) is 2.50. The van der Waals surface area contributed by atoms with Crippen LogP contribution in [0, 0.1) is 0 Å². The summed E-state index contributed by atoms with van der Waals surface area (Å²) in [6.45, 7) is 0. The van der Waals surface area contributed by atoms with Crippen LogP contribution in [-0.2, 0) is 9.53 Å². The van der Waals surface area contributed by atoms with E-state index in [2.05, 4.69) is 0 Å². The number of hydrogen-bond donors (Lipinski definition) is 0. The maximum absolute atomic E-state index is 11.8. The van der Waals surface area contributed by atoms with Gasteiger partial charge in [-0.05, 0) is 0 Å². The first-order valence-corrected chi connectivity index (χ1v) is 5.65. The SMILES string of the molecule is COC1=C(Cl)C(=O)C2(Cl)C(Cl)=C(Cl)C12Cl. The minimum atomic E-state index is -1.62. The molecule has 15 heavy (non-hydrogen) atoms. The first kappa shape index (κ1) is 11.9. The van der Waals surface area contributed by atoms with E-state index >= 15 is 0 Å². The molecule has 2 aliphatic rings. The van der Waals surface area contributed by atoms with Gasteiger partial charge in [0.1, 0.15) is 10.8 Å². The number of allylic oxidation sites excluding steroid dienone is 3. The van der Waals surface area contributed by atoms with E-state index < -0.39 is 15.5 Å². The molecule has 0 N–H and O–H groups in total. The van der Waals surface area contributed by atoms with Crippen molar-refractivity contribution in [3.63, 3.8) is 0 Å². The highest BCUT2D eigenvalue weighted by Gasteiger charge is 2.75. The van der Waals surface area contributed by atoms with Crippen molar-refractivity contribution in [1.29, 1.82) is 0 Å². The maximum Gasteiger partial charge on any atom is 0.206 e. The number of carbonyl (C=O) groups is 1. The van der Waals surface area contributed by atoms with E-state index in [1.54, 1.807) is 0 Å². The van der Waals surface area contributed by atoms with Gasteiger partial charge in [0.25, 0.3) is 0 Å². The minimum absolute atomic E-state index is 0.00367. The predicted molar refractivity (Wildman–Crippen MR) is 60.8 cm³/mol. The van der Waals surface area contributed by atoms with Gasteiger partial charge in [0.15, 0.2) is 9.75 Å². The second kappa shape index (κ2) is 3.21. The highest BCUT2D eigenvalue weighted by molar-refractivity contribution is 6.67. The van der Waals surface area contributed by atoms with Gasteiger partial charge in [-0.15, -0.1) is 23.2 Å².